The molecule has 0 atom stereocenters. The number of hydrogen-bond acceptors (Lipinski definition) is 2. The maximum absolute atomic E-state index is 10.5. The van der Waals surface area contributed by atoms with Gasteiger partial charge >= 0.3 is 0 Å². The fraction of sp³-hybridized carbons (Fsp3) is 0.364. The highest BCUT2D eigenvalue weighted by Gasteiger charge is 2.05. The zero-order valence-electron chi connectivity index (χ0n) is 8.56. The summed E-state index contributed by atoms with van der Waals surface area (Å²) in [5.74, 6) is 0.733. The molecule has 0 saturated carbocycles. The quantitative estimate of drug-likeness (QED) is 0.721. The molecule has 14 heavy (non-hydrogen) atoms. The van der Waals surface area contributed by atoms with Gasteiger partial charge in [0.15, 0.2) is 6.61 Å². The minimum atomic E-state index is -0.483. The smallest absolute Gasteiger partial charge is 0.259 e. The molecule has 0 heterocycles. The Balaban J connectivity index is 2.90. The molecule has 0 spiro atoms. The SMILES string of the molecule is Cc1cc(C)c(C)c(OCC(=O)Cl)c1. The van der Waals surface area contributed by atoms with Crippen molar-refractivity contribution < 1.29 is 9.53 Å². The molecule has 2 nitrogen and oxygen atoms in total. The summed E-state index contributed by atoms with van der Waals surface area (Å²) in [6.45, 7) is 5.88. The monoisotopic (exact) mass is 212 g/mol. The maximum Gasteiger partial charge on any atom is 0.259 e. The highest BCUT2D eigenvalue weighted by atomic mass is 35.5. The molecule has 0 N–H and O–H groups in total. The highest BCUT2D eigenvalue weighted by molar-refractivity contribution is 6.63. The molecule has 0 radical (unpaired) electrons. The van der Waals surface area contributed by atoms with E-state index in [1.807, 2.05) is 26.8 Å². The van der Waals surface area contributed by atoms with Gasteiger partial charge in [-0.15, -0.1) is 0 Å². The van der Waals surface area contributed by atoms with E-state index in [2.05, 4.69) is 6.07 Å². The minimum absolute atomic E-state index is 0.0781. The molecule has 0 unspecified atom stereocenters. The first-order valence-electron chi connectivity index (χ1n) is 4.39. The summed E-state index contributed by atoms with van der Waals surface area (Å²) >= 11 is 5.20. The van der Waals surface area contributed by atoms with Crippen LogP contribution in [0.5, 0.6) is 5.75 Å². The normalized spacial score (nSPS) is 10.0. The number of carbonyl (C=O) groups is 1. The third-order valence-corrected chi connectivity index (χ3v) is 2.21. The van der Waals surface area contributed by atoms with Gasteiger partial charge in [-0.1, -0.05) is 6.07 Å². The molecule has 76 valence electrons. The van der Waals surface area contributed by atoms with Crippen LogP contribution in [0.1, 0.15) is 16.7 Å². The van der Waals surface area contributed by atoms with Crippen LogP contribution in [0, 0.1) is 20.8 Å². The predicted molar refractivity (Wildman–Crippen MR) is 57.0 cm³/mol. The van der Waals surface area contributed by atoms with Crippen molar-refractivity contribution in [2.75, 3.05) is 6.61 Å². The average Bonchev–Trinajstić information content (AvgIpc) is 2.08. The van der Waals surface area contributed by atoms with Gasteiger partial charge in [0.05, 0.1) is 0 Å². The van der Waals surface area contributed by atoms with Crippen molar-refractivity contribution in [1.29, 1.82) is 0 Å². The zero-order chi connectivity index (χ0) is 10.7. The molecule has 0 bridgehead atoms. The lowest BCUT2D eigenvalue weighted by Gasteiger charge is -2.10. The van der Waals surface area contributed by atoms with Crippen molar-refractivity contribution in [2.24, 2.45) is 0 Å². The first-order chi connectivity index (χ1) is 6.50. The van der Waals surface area contributed by atoms with E-state index in [-0.39, 0.29) is 6.61 Å². The fourth-order valence-corrected chi connectivity index (χ4v) is 1.34. The van der Waals surface area contributed by atoms with Gasteiger partial charge in [-0.3, -0.25) is 4.79 Å². The summed E-state index contributed by atoms with van der Waals surface area (Å²) < 4.78 is 5.28. The number of rotatable bonds is 3. The van der Waals surface area contributed by atoms with Gasteiger partial charge in [-0.05, 0) is 55.1 Å². The minimum Gasteiger partial charge on any atom is -0.484 e. The molecule has 0 aromatic heterocycles. The molecule has 1 rings (SSSR count). The van der Waals surface area contributed by atoms with Crippen LogP contribution >= 0.6 is 11.6 Å². The second-order valence-corrected chi connectivity index (χ2v) is 3.77. The van der Waals surface area contributed by atoms with Crippen molar-refractivity contribution in [2.45, 2.75) is 20.8 Å². The standard InChI is InChI=1S/C11H13ClO2/c1-7-4-8(2)9(3)10(5-7)14-6-11(12)13/h4-5H,6H2,1-3H3. The summed E-state index contributed by atoms with van der Waals surface area (Å²) in [6, 6.07) is 3.98. The molecule has 3 heteroatoms. The van der Waals surface area contributed by atoms with Crippen LogP contribution < -0.4 is 4.74 Å². The van der Waals surface area contributed by atoms with Gasteiger partial charge in [-0.2, -0.15) is 0 Å². The highest BCUT2D eigenvalue weighted by Crippen LogP contribution is 2.23. The van der Waals surface area contributed by atoms with Crippen LogP contribution in [-0.2, 0) is 4.79 Å². The number of hydrogen-bond donors (Lipinski definition) is 0. The van der Waals surface area contributed by atoms with Crippen LogP contribution in [0.15, 0.2) is 12.1 Å². The molecule has 0 fully saturated rings. The lowest BCUT2D eigenvalue weighted by Crippen LogP contribution is -2.06. The first-order valence-corrected chi connectivity index (χ1v) is 4.77. The number of benzene rings is 1. The molecule has 1 aromatic carbocycles. The number of aryl methyl sites for hydroxylation is 2. The predicted octanol–water partition coefficient (Wildman–Crippen LogP) is 2.76. The van der Waals surface area contributed by atoms with Crippen molar-refractivity contribution in [3.05, 3.63) is 28.8 Å². The van der Waals surface area contributed by atoms with Crippen LogP contribution in [0.4, 0.5) is 0 Å². The Morgan fingerprint density at radius 1 is 1.36 bits per heavy atom. The van der Waals surface area contributed by atoms with E-state index in [0.29, 0.717) is 0 Å². The van der Waals surface area contributed by atoms with Gasteiger partial charge in [0.1, 0.15) is 5.75 Å². The van der Waals surface area contributed by atoms with Gasteiger partial charge in [-0.25, -0.2) is 0 Å². The molecule has 1 aromatic rings. The molecule has 0 aliphatic carbocycles. The lowest BCUT2D eigenvalue weighted by molar-refractivity contribution is -0.113. The number of ether oxygens (including phenoxy) is 1. The van der Waals surface area contributed by atoms with Crippen LogP contribution in [0.25, 0.3) is 0 Å². The molecular weight excluding hydrogens is 200 g/mol. The zero-order valence-corrected chi connectivity index (χ0v) is 9.31. The summed E-state index contributed by atoms with van der Waals surface area (Å²) in [5.41, 5.74) is 3.32. The van der Waals surface area contributed by atoms with E-state index in [9.17, 15) is 4.79 Å². The second-order valence-electron chi connectivity index (χ2n) is 3.35. The van der Waals surface area contributed by atoms with E-state index in [4.69, 9.17) is 16.3 Å². The molecule has 0 aliphatic heterocycles. The fourth-order valence-electron chi connectivity index (χ4n) is 1.29. The number of carbonyl (C=O) groups excluding carboxylic acids is 1. The first kappa shape index (κ1) is 11.1. The Morgan fingerprint density at radius 3 is 2.57 bits per heavy atom. The topological polar surface area (TPSA) is 26.3 Å². The lowest BCUT2D eigenvalue weighted by atomic mass is 10.1. The second kappa shape index (κ2) is 4.47. The van der Waals surface area contributed by atoms with Gasteiger partial charge in [0, 0.05) is 0 Å². The van der Waals surface area contributed by atoms with Gasteiger partial charge < -0.3 is 4.74 Å². The van der Waals surface area contributed by atoms with E-state index < -0.39 is 5.24 Å². The summed E-state index contributed by atoms with van der Waals surface area (Å²) in [5, 5.41) is -0.483. The van der Waals surface area contributed by atoms with E-state index in [1.54, 1.807) is 0 Å². The van der Waals surface area contributed by atoms with E-state index >= 15 is 0 Å². The van der Waals surface area contributed by atoms with Crippen LogP contribution in [0.3, 0.4) is 0 Å². The maximum atomic E-state index is 10.5. The Bertz CT molecular complexity index is 359. The Hall–Kier alpha value is -1.02. The third kappa shape index (κ3) is 2.74. The van der Waals surface area contributed by atoms with E-state index in [0.717, 1.165) is 22.4 Å². The van der Waals surface area contributed by atoms with E-state index in [1.165, 1.54) is 0 Å². The summed E-state index contributed by atoms with van der Waals surface area (Å²) in [7, 11) is 0. The largest absolute Gasteiger partial charge is 0.484 e. The Labute approximate surface area is 88.8 Å². The molecule has 0 saturated heterocycles. The summed E-state index contributed by atoms with van der Waals surface area (Å²) in [6.07, 6.45) is 0. The van der Waals surface area contributed by atoms with Crippen molar-refractivity contribution in [1.82, 2.24) is 0 Å². The summed E-state index contributed by atoms with van der Waals surface area (Å²) in [4.78, 5) is 10.5. The van der Waals surface area contributed by atoms with Crippen molar-refractivity contribution >= 4 is 16.8 Å². The molecule has 0 aliphatic rings. The van der Waals surface area contributed by atoms with Gasteiger partial charge in [0.2, 0.25) is 0 Å². The Morgan fingerprint density at radius 2 is 2.00 bits per heavy atom. The van der Waals surface area contributed by atoms with Crippen LogP contribution in [0.2, 0.25) is 0 Å². The third-order valence-electron chi connectivity index (χ3n) is 2.11. The van der Waals surface area contributed by atoms with Gasteiger partial charge in [0.25, 0.3) is 5.24 Å². The molecular formula is C11H13ClO2. The Kier molecular flexibility index (Phi) is 3.53. The van der Waals surface area contributed by atoms with Crippen LogP contribution in [-0.4, -0.2) is 11.8 Å². The van der Waals surface area contributed by atoms with Crippen molar-refractivity contribution in [3.63, 3.8) is 0 Å². The number of halogens is 1. The van der Waals surface area contributed by atoms with Crippen molar-refractivity contribution in [3.8, 4) is 5.75 Å². The molecule has 0 amide bonds. The average molecular weight is 213 g/mol.